The molecule has 9 heteroatoms. The van der Waals surface area contributed by atoms with Gasteiger partial charge in [-0.1, -0.05) is 46.8 Å². The van der Waals surface area contributed by atoms with Gasteiger partial charge < -0.3 is 10.6 Å². The Hall–Kier alpha value is -1.64. The van der Waals surface area contributed by atoms with Crippen molar-refractivity contribution in [1.82, 2.24) is 15.5 Å². The standard InChI is InChI=1S/C14H15ClN4O2S2/c1-9(20)16-7-6-12(21)17-13-18-19-14(23-13)22-8-10-2-4-11(15)5-3-10/h2-5H,6-8H2,1H3,(H,16,20)(H,17,18,21). The van der Waals surface area contributed by atoms with Gasteiger partial charge in [-0.05, 0) is 17.7 Å². The Labute approximate surface area is 147 Å². The first-order valence-corrected chi connectivity index (χ1v) is 8.96. The van der Waals surface area contributed by atoms with E-state index in [0.29, 0.717) is 16.7 Å². The fourth-order valence-electron chi connectivity index (χ4n) is 1.58. The van der Waals surface area contributed by atoms with Crippen LogP contribution in [0.5, 0.6) is 0 Å². The van der Waals surface area contributed by atoms with Crippen LogP contribution in [-0.4, -0.2) is 28.6 Å². The number of carbonyl (C=O) groups excluding carboxylic acids is 2. The predicted molar refractivity (Wildman–Crippen MR) is 92.9 cm³/mol. The summed E-state index contributed by atoms with van der Waals surface area (Å²) < 4.78 is 0.775. The number of aromatic nitrogens is 2. The first-order chi connectivity index (χ1) is 11.0. The molecule has 6 nitrogen and oxygen atoms in total. The first-order valence-electron chi connectivity index (χ1n) is 6.78. The highest BCUT2D eigenvalue weighted by atomic mass is 35.5. The Morgan fingerprint density at radius 3 is 2.70 bits per heavy atom. The summed E-state index contributed by atoms with van der Waals surface area (Å²) in [5, 5.41) is 14.4. The molecule has 122 valence electrons. The number of nitrogens with one attached hydrogen (secondary N) is 2. The number of nitrogens with zero attached hydrogens (tertiary/aromatic N) is 2. The van der Waals surface area contributed by atoms with E-state index in [9.17, 15) is 9.59 Å². The maximum absolute atomic E-state index is 11.7. The number of thioether (sulfide) groups is 1. The van der Waals surface area contributed by atoms with Gasteiger partial charge in [0.05, 0.1) is 0 Å². The molecule has 1 aromatic carbocycles. The van der Waals surface area contributed by atoms with Gasteiger partial charge in [-0.3, -0.25) is 9.59 Å². The van der Waals surface area contributed by atoms with Gasteiger partial charge in [0.25, 0.3) is 0 Å². The number of carbonyl (C=O) groups is 2. The molecule has 2 amide bonds. The molecular formula is C14H15ClN4O2S2. The van der Waals surface area contributed by atoms with E-state index in [2.05, 4.69) is 20.8 Å². The van der Waals surface area contributed by atoms with E-state index in [0.717, 1.165) is 15.7 Å². The Morgan fingerprint density at radius 2 is 2.00 bits per heavy atom. The summed E-state index contributed by atoms with van der Waals surface area (Å²) in [5.41, 5.74) is 1.13. The number of amides is 2. The van der Waals surface area contributed by atoms with Crippen LogP contribution in [0.15, 0.2) is 28.6 Å². The van der Waals surface area contributed by atoms with E-state index in [1.807, 2.05) is 24.3 Å². The largest absolute Gasteiger partial charge is 0.356 e. The number of hydrogen-bond donors (Lipinski definition) is 2. The van der Waals surface area contributed by atoms with Crippen LogP contribution < -0.4 is 10.6 Å². The number of hydrogen-bond acceptors (Lipinski definition) is 6. The van der Waals surface area contributed by atoms with E-state index in [1.165, 1.54) is 18.3 Å². The molecule has 2 aromatic rings. The fraction of sp³-hybridized carbons (Fsp3) is 0.286. The second kappa shape index (κ2) is 8.85. The summed E-state index contributed by atoms with van der Waals surface area (Å²) in [6.45, 7) is 1.71. The van der Waals surface area contributed by atoms with E-state index in [-0.39, 0.29) is 18.2 Å². The number of rotatable bonds is 7. The number of halogens is 1. The highest BCUT2D eigenvalue weighted by Crippen LogP contribution is 2.28. The molecule has 0 fully saturated rings. The van der Waals surface area contributed by atoms with E-state index < -0.39 is 0 Å². The van der Waals surface area contributed by atoms with E-state index in [1.54, 1.807) is 11.8 Å². The lowest BCUT2D eigenvalue weighted by Gasteiger charge is -2.01. The molecule has 2 rings (SSSR count). The SMILES string of the molecule is CC(=O)NCCC(=O)Nc1nnc(SCc2ccc(Cl)cc2)s1. The predicted octanol–water partition coefficient (Wildman–Crippen LogP) is 2.95. The molecular weight excluding hydrogens is 356 g/mol. The van der Waals surface area contributed by atoms with Crippen LogP contribution >= 0.6 is 34.7 Å². The molecule has 0 atom stereocenters. The van der Waals surface area contributed by atoms with Crippen molar-refractivity contribution in [2.75, 3.05) is 11.9 Å². The minimum Gasteiger partial charge on any atom is -0.356 e. The smallest absolute Gasteiger partial charge is 0.227 e. The van der Waals surface area contributed by atoms with Crippen LogP contribution in [0.1, 0.15) is 18.9 Å². The molecule has 23 heavy (non-hydrogen) atoms. The van der Waals surface area contributed by atoms with Crippen molar-refractivity contribution in [2.24, 2.45) is 0 Å². The summed E-state index contributed by atoms with van der Waals surface area (Å²) in [4.78, 5) is 22.4. The summed E-state index contributed by atoms with van der Waals surface area (Å²) in [5.74, 6) is 0.390. The average Bonchev–Trinajstić information content (AvgIpc) is 2.93. The van der Waals surface area contributed by atoms with Gasteiger partial charge >= 0.3 is 0 Å². The van der Waals surface area contributed by atoms with Crippen molar-refractivity contribution < 1.29 is 9.59 Å². The van der Waals surface area contributed by atoms with Gasteiger partial charge in [-0.15, -0.1) is 10.2 Å². The third-order valence-electron chi connectivity index (χ3n) is 2.65. The van der Waals surface area contributed by atoms with Crippen molar-refractivity contribution >= 4 is 51.6 Å². The summed E-state index contributed by atoms with van der Waals surface area (Å²) >= 11 is 8.70. The normalized spacial score (nSPS) is 10.3. The summed E-state index contributed by atoms with van der Waals surface area (Å²) in [6.07, 6.45) is 0.201. The minimum absolute atomic E-state index is 0.158. The molecule has 0 aliphatic rings. The van der Waals surface area contributed by atoms with Gasteiger partial charge in [0.15, 0.2) is 4.34 Å². The lowest BCUT2D eigenvalue weighted by molar-refractivity contribution is -0.119. The molecule has 0 spiro atoms. The molecule has 0 bridgehead atoms. The van der Waals surface area contributed by atoms with Crippen LogP contribution in [-0.2, 0) is 15.3 Å². The summed E-state index contributed by atoms with van der Waals surface area (Å²) in [7, 11) is 0. The maximum atomic E-state index is 11.7. The maximum Gasteiger partial charge on any atom is 0.227 e. The lowest BCUT2D eigenvalue weighted by Crippen LogP contribution is -2.25. The number of anilines is 1. The highest BCUT2D eigenvalue weighted by Gasteiger charge is 2.09. The van der Waals surface area contributed by atoms with Crippen molar-refractivity contribution in [3.8, 4) is 0 Å². The van der Waals surface area contributed by atoms with Crippen molar-refractivity contribution in [1.29, 1.82) is 0 Å². The van der Waals surface area contributed by atoms with Gasteiger partial charge in [0, 0.05) is 30.7 Å². The molecule has 0 saturated carbocycles. The van der Waals surface area contributed by atoms with Crippen LogP contribution in [0.25, 0.3) is 0 Å². The lowest BCUT2D eigenvalue weighted by atomic mass is 10.2. The third kappa shape index (κ3) is 6.55. The van der Waals surface area contributed by atoms with Gasteiger partial charge in [-0.2, -0.15) is 0 Å². The zero-order chi connectivity index (χ0) is 16.7. The molecule has 0 saturated heterocycles. The Morgan fingerprint density at radius 1 is 1.26 bits per heavy atom. The number of benzene rings is 1. The van der Waals surface area contributed by atoms with Crippen LogP contribution in [0, 0.1) is 0 Å². The zero-order valence-electron chi connectivity index (χ0n) is 12.3. The summed E-state index contributed by atoms with van der Waals surface area (Å²) in [6, 6.07) is 7.61. The Balaban J connectivity index is 1.77. The van der Waals surface area contributed by atoms with Gasteiger partial charge in [0.2, 0.25) is 16.9 Å². The highest BCUT2D eigenvalue weighted by molar-refractivity contribution is 8.00. The van der Waals surface area contributed by atoms with Gasteiger partial charge in [-0.25, -0.2) is 0 Å². The van der Waals surface area contributed by atoms with E-state index in [4.69, 9.17) is 11.6 Å². The second-order valence-electron chi connectivity index (χ2n) is 4.57. The average molecular weight is 371 g/mol. The zero-order valence-corrected chi connectivity index (χ0v) is 14.7. The Bertz CT molecular complexity index is 676. The minimum atomic E-state index is -0.204. The molecule has 1 aromatic heterocycles. The van der Waals surface area contributed by atoms with Crippen LogP contribution in [0.4, 0.5) is 5.13 Å². The topological polar surface area (TPSA) is 84.0 Å². The van der Waals surface area contributed by atoms with Crippen molar-refractivity contribution in [3.05, 3.63) is 34.9 Å². The molecule has 1 heterocycles. The monoisotopic (exact) mass is 370 g/mol. The molecule has 0 unspecified atom stereocenters. The Kier molecular flexibility index (Phi) is 6.82. The quantitative estimate of drug-likeness (QED) is 0.578. The van der Waals surface area contributed by atoms with Gasteiger partial charge in [0.1, 0.15) is 0 Å². The second-order valence-corrected chi connectivity index (χ2v) is 7.21. The molecule has 0 aliphatic heterocycles. The van der Waals surface area contributed by atoms with E-state index >= 15 is 0 Å². The molecule has 0 aliphatic carbocycles. The molecule has 2 N–H and O–H groups in total. The van der Waals surface area contributed by atoms with Crippen molar-refractivity contribution in [3.63, 3.8) is 0 Å². The van der Waals surface area contributed by atoms with Crippen molar-refractivity contribution in [2.45, 2.75) is 23.4 Å². The third-order valence-corrected chi connectivity index (χ3v) is 4.95. The first kappa shape index (κ1) is 17.7. The van der Waals surface area contributed by atoms with Crippen LogP contribution in [0.2, 0.25) is 5.02 Å². The fourth-order valence-corrected chi connectivity index (χ4v) is 3.43. The molecule has 0 radical (unpaired) electrons. The van der Waals surface area contributed by atoms with Crippen LogP contribution in [0.3, 0.4) is 0 Å².